The number of carbonyl (C=O) groups excluding carboxylic acids is 1. The SMILES string of the molecule is CC1(C)[C@H]2CC[C@]1(CS(=O)(=O)O)C(=O)C2Br. The number of rotatable bonds is 2. The van der Waals surface area contributed by atoms with Crippen molar-refractivity contribution in [1.29, 1.82) is 0 Å². The molecule has 16 heavy (non-hydrogen) atoms. The first-order chi connectivity index (χ1) is 7.12. The van der Waals surface area contributed by atoms with Crippen molar-refractivity contribution in [3.63, 3.8) is 0 Å². The fourth-order valence-corrected chi connectivity index (χ4v) is 6.12. The van der Waals surface area contributed by atoms with E-state index in [1.165, 1.54) is 0 Å². The smallest absolute Gasteiger partial charge is 0.265 e. The Labute approximate surface area is 104 Å². The molecule has 0 aliphatic heterocycles. The molecule has 1 N–H and O–H groups in total. The fourth-order valence-electron chi connectivity index (χ4n) is 3.48. The highest BCUT2D eigenvalue weighted by Crippen LogP contribution is 2.65. The number of fused-ring (bicyclic) bond motifs is 2. The summed E-state index contributed by atoms with van der Waals surface area (Å²) in [6, 6.07) is 0. The van der Waals surface area contributed by atoms with Crippen molar-refractivity contribution >= 4 is 31.8 Å². The normalized spacial score (nSPS) is 41.6. The predicted molar refractivity (Wildman–Crippen MR) is 63.1 cm³/mol. The van der Waals surface area contributed by atoms with E-state index in [9.17, 15) is 13.2 Å². The standard InChI is InChI=1S/C10H15BrO4S/c1-9(2)6-3-4-10(9,5-16(13,14)15)8(12)7(6)11/h6-7H,3-5H2,1-2H3,(H,13,14,15)/t6-,7?,10-/m0/s1. The molecule has 0 spiro atoms. The van der Waals surface area contributed by atoms with Crippen LogP contribution >= 0.6 is 15.9 Å². The Bertz CT molecular complexity index is 442. The average Bonchev–Trinajstić information content (AvgIpc) is 2.39. The Balaban J connectivity index is 2.50. The van der Waals surface area contributed by atoms with Gasteiger partial charge in [-0.1, -0.05) is 29.8 Å². The van der Waals surface area contributed by atoms with Crippen molar-refractivity contribution in [2.75, 3.05) is 5.75 Å². The van der Waals surface area contributed by atoms with Crippen LogP contribution in [0.2, 0.25) is 0 Å². The highest BCUT2D eigenvalue weighted by Gasteiger charge is 2.69. The van der Waals surface area contributed by atoms with Crippen molar-refractivity contribution in [3.05, 3.63) is 0 Å². The van der Waals surface area contributed by atoms with Gasteiger partial charge in [0.25, 0.3) is 10.1 Å². The highest BCUT2D eigenvalue weighted by atomic mass is 79.9. The Morgan fingerprint density at radius 2 is 2.06 bits per heavy atom. The molecule has 3 atom stereocenters. The first-order valence-electron chi connectivity index (χ1n) is 5.25. The maximum absolute atomic E-state index is 12.2. The third-order valence-electron chi connectivity index (χ3n) is 4.55. The summed E-state index contributed by atoms with van der Waals surface area (Å²) in [6.07, 6.45) is 1.40. The molecular weight excluding hydrogens is 296 g/mol. The average molecular weight is 311 g/mol. The van der Waals surface area contributed by atoms with E-state index in [2.05, 4.69) is 15.9 Å². The molecule has 2 fully saturated rings. The van der Waals surface area contributed by atoms with Crippen LogP contribution in [-0.2, 0) is 14.9 Å². The number of Topliss-reactive ketones (excluding diaryl/α,β-unsaturated/α-hetero) is 1. The number of halogens is 1. The Hall–Kier alpha value is 0.0600. The number of alkyl halides is 1. The van der Waals surface area contributed by atoms with Gasteiger partial charge in [0, 0.05) is 0 Å². The lowest BCUT2D eigenvalue weighted by atomic mass is 9.70. The zero-order valence-electron chi connectivity index (χ0n) is 9.23. The van der Waals surface area contributed by atoms with E-state index in [4.69, 9.17) is 4.55 Å². The lowest BCUT2D eigenvalue weighted by Crippen LogP contribution is -2.43. The molecule has 0 radical (unpaired) electrons. The molecule has 2 rings (SSSR count). The van der Waals surface area contributed by atoms with E-state index in [0.29, 0.717) is 6.42 Å². The highest BCUT2D eigenvalue weighted by molar-refractivity contribution is 9.10. The molecule has 0 aromatic carbocycles. The van der Waals surface area contributed by atoms with Gasteiger partial charge >= 0.3 is 0 Å². The molecule has 1 unspecified atom stereocenters. The quantitative estimate of drug-likeness (QED) is 0.622. The number of hydrogen-bond donors (Lipinski definition) is 1. The lowest BCUT2D eigenvalue weighted by Gasteiger charge is -2.35. The largest absolute Gasteiger partial charge is 0.298 e. The first kappa shape index (κ1) is 12.5. The summed E-state index contributed by atoms with van der Waals surface area (Å²) in [5.41, 5.74) is -1.27. The number of carbonyl (C=O) groups is 1. The molecule has 0 aromatic heterocycles. The summed E-state index contributed by atoms with van der Waals surface area (Å²) < 4.78 is 31.2. The molecule has 2 aliphatic carbocycles. The second-order valence-corrected chi connectivity index (χ2v) is 7.88. The molecule has 92 valence electrons. The van der Waals surface area contributed by atoms with Crippen LogP contribution in [0, 0.1) is 16.7 Å². The third-order valence-corrected chi connectivity index (χ3v) is 6.46. The van der Waals surface area contributed by atoms with Gasteiger partial charge in [0.05, 0.1) is 16.0 Å². The van der Waals surface area contributed by atoms with E-state index < -0.39 is 21.3 Å². The van der Waals surface area contributed by atoms with Gasteiger partial charge in [0.15, 0.2) is 5.78 Å². The molecule has 2 aliphatic rings. The van der Waals surface area contributed by atoms with Gasteiger partial charge in [-0.15, -0.1) is 0 Å². The Kier molecular flexibility index (Phi) is 2.58. The van der Waals surface area contributed by atoms with Gasteiger partial charge in [-0.3, -0.25) is 9.35 Å². The molecule has 0 heterocycles. The van der Waals surface area contributed by atoms with Gasteiger partial charge < -0.3 is 0 Å². The topological polar surface area (TPSA) is 71.4 Å². The van der Waals surface area contributed by atoms with E-state index >= 15 is 0 Å². The molecule has 2 saturated carbocycles. The first-order valence-corrected chi connectivity index (χ1v) is 7.78. The van der Waals surface area contributed by atoms with Crippen LogP contribution < -0.4 is 0 Å². The van der Waals surface area contributed by atoms with Gasteiger partial charge in [-0.2, -0.15) is 8.42 Å². The summed E-state index contributed by atoms with van der Waals surface area (Å²) in [6.45, 7) is 3.85. The van der Waals surface area contributed by atoms with Crippen molar-refractivity contribution in [1.82, 2.24) is 0 Å². The van der Waals surface area contributed by atoms with Crippen molar-refractivity contribution in [3.8, 4) is 0 Å². The second-order valence-electron chi connectivity index (χ2n) is 5.44. The molecule has 0 saturated heterocycles. The van der Waals surface area contributed by atoms with E-state index in [0.717, 1.165) is 6.42 Å². The minimum atomic E-state index is -4.12. The van der Waals surface area contributed by atoms with Crippen LogP contribution in [0.5, 0.6) is 0 Å². The lowest BCUT2D eigenvalue weighted by molar-refractivity contribution is -0.127. The van der Waals surface area contributed by atoms with Gasteiger partial charge in [0.2, 0.25) is 0 Å². The third kappa shape index (κ3) is 1.42. The summed E-state index contributed by atoms with van der Waals surface area (Å²) >= 11 is 3.35. The zero-order chi connectivity index (χ0) is 12.4. The molecular formula is C10H15BrO4S. The fraction of sp³-hybridized carbons (Fsp3) is 0.900. The zero-order valence-corrected chi connectivity index (χ0v) is 11.6. The van der Waals surface area contributed by atoms with Crippen molar-refractivity contribution in [2.45, 2.75) is 31.5 Å². The van der Waals surface area contributed by atoms with Gasteiger partial charge in [-0.25, -0.2) is 0 Å². The predicted octanol–water partition coefficient (Wildman–Crippen LogP) is 1.64. The van der Waals surface area contributed by atoms with E-state index in [-0.39, 0.29) is 21.9 Å². The van der Waals surface area contributed by atoms with Crippen LogP contribution in [0.25, 0.3) is 0 Å². The molecule has 4 nitrogen and oxygen atoms in total. The van der Waals surface area contributed by atoms with Crippen molar-refractivity contribution < 1.29 is 17.8 Å². The molecule has 0 aromatic rings. The monoisotopic (exact) mass is 310 g/mol. The number of ketones is 1. The van der Waals surface area contributed by atoms with E-state index in [1.54, 1.807) is 0 Å². The minimum absolute atomic E-state index is 0.0635. The van der Waals surface area contributed by atoms with Crippen LogP contribution in [-0.4, -0.2) is 29.3 Å². The summed E-state index contributed by atoms with van der Waals surface area (Å²) in [5.74, 6) is -0.335. The van der Waals surface area contributed by atoms with E-state index in [1.807, 2.05) is 13.8 Å². The maximum Gasteiger partial charge on any atom is 0.265 e. The van der Waals surface area contributed by atoms with Crippen molar-refractivity contribution in [2.24, 2.45) is 16.7 Å². The van der Waals surface area contributed by atoms with Crippen LogP contribution in [0.1, 0.15) is 26.7 Å². The Morgan fingerprint density at radius 1 is 1.50 bits per heavy atom. The summed E-state index contributed by atoms with van der Waals surface area (Å²) in [7, 11) is -4.12. The summed E-state index contributed by atoms with van der Waals surface area (Å²) in [4.78, 5) is 11.9. The second kappa shape index (κ2) is 3.29. The molecule has 6 heteroatoms. The molecule has 2 bridgehead atoms. The van der Waals surface area contributed by atoms with Gasteiger partial charge in [-0.05, 0) is 24.2 Å². The summed E-state index contributed by atoms with van der Waals surface area (Å²) in [5, 5.41) is 0. The minimum Gasteiger partial charge on any atom is -0.298 e. The van der Waals surface area contributed by atoms with Gasteiger partial charge in [0.1, 0.15) is 0 Å². The maximum atomic E-state index is 12.2. The van der Waals surface area contributed by atoms with Crippen LogP contribution in [0.3, 0.4) is 0 Å². The molecule has 0 amide bonds. The van der Waals surface area contributed by atoms with Crippen LogP contribution in [0.4, 0.5) is 0 Å². The number of hydrogen-bond acceptors (Lipinski definition) is 3. The van der Waals surface area contributed by atoms with Crippen LogP contribution in [0.15, 0.2) is 0 Å². The Morgan fingerprint density at radius 3 is 2.44 bits per heavy atom.